The number of rotatable bonds is 9. The highest BCUT2D eigenvalue weighted by molar-refractivity contribution is 7.92. The molecule has 1 atom stereocenters. The van der Waals surface area contributed by atoms with Crippen LogP contribution in [0.1, 0.15) is 12.5 Å². The summed E-state index contributed by atoms with van der Waals surface area (Å²) in [4.78, 5) is 26.9. The van der Waals surface area contributed by atoms with E-state index in [0.29, 0.717) is 16.3 Å². The number of hydrogen-bond donors (Lipinski definition) is 1. The number of ether oxygens (including phenoxy) is 1. The Balaban J connectivity index is 2.42. The number of halogens is 1. The topological polar surface area (TPSA) is 96.0 Å². The summed E-state index contributed by atoms with van der Waals surface area (Å²) in [6.45, 7) is 1.16. The molecule has 168 valence electrons. The largest absolute Gasteiger partial charge is 0.495 e. The Morgan fingerprint density at radius 2 is 1.84 bits per heavy atom. The third kappa shape index (κ3) is 6.35. The molecule has 1 N–H and O–H groups in total. The van der Waals surface area contributed by atoms with Crippen molar-refractivity contribution >= 4 is 39.1 Å². The Bertz CT molecular complexity index is 1040. The summed E-state index contributed by atoms with van der Waals surface area (Å²) in [5.41, 5.74) is 0.941. The number of hydrogen-bond acceptors (Lipinski definition) is 5. The number of nitrogens with zero attached hydrogens (tertiary/aromatic N) is 2. The fraction of sp³-hybridized carbons (Fsp3) is 0.333. The first-order chi connectivity index (χ1) is 14.6. The van der Waals surface area contributed by atoms with Gasteiger partial charge in [-0.3, -0.25) is 13.9 Å². The van der Waals surface area contributed by atoms with E-state index in [-0.39, 0.29) is 18.1 Å². The molecule has 2 aromatic rings. The number of methoxy groups -OCH3 is 1. The lowest BCUT2D eigenvalue weighted by Crippen LogP contribution is -2.50. The molecule has 0 aliphatic rings. The average molecular weight is 468 g/mol. The van der Waals surface area contributed by atoms with Gasteiger partial charge < -0.3 is 15.0 Å². The molecule has 2 amide bonds. The molecule has 0 bridgehead atoms. The van der Waals surface area contributed by atoms with Crippen molar-refractivity contribution in [1.29, 1.82) is 0 Å². The van der Waals surface area contributed by atoms with Crippen LogP contribution in [0.15, 0.2) is 48.5 Å². The fourth-order valence-corrected chi connectivity index (χ4v) is 4.12. The van der Waals surface area contributed by atoms with Crippen LogP contribution in [0.25, 0.3) is 0 Å². The van der Waals surface area contributed by atoms with Gasteiger partial charge in [0.2, 0.25) is 21.8 Å². The van der Waals surface area contributed by atoms with Crippen molar-refractivity contribution in [3.63, 3.8) is 0 Å². The molecule has 31 heavy (non-hydrogen) atoms. The van der Waals surface area contributed by atoms with Crippen LogP contribution in [0, 0.1) is 0 Å². The van der Waals surface area contributed by atoms with Gasteiger partial charge in [-0.15, -0.1) is 0 Å². The van der Waals surface area contributed by atoms with Gasteiger partial charge in [0.1, 0.15) is 18.3 Å². The summed E-state index contributed by atoms with van der Waals surface area (Å²) in [5.74, 6) is -0.618. The quantitative estimate of drug-likeness (QED) is 0.610. The maximum atomic E-state index is 13.3. The Morgan fingerprint density at radius 3 is 2.42 bits per heavy atom. The zero-order valence-corrected chi connectivity index (χ0v) is 19.4. The van der Waals surface area contributed by atoms with Crippen molar-refractivity contribution in [1.82, 2.24) is 10.2 Å². The second-order valence-electron chi connectivity index (χ2n) is 6.88. The van der Waals surface area contributed by atoms with Gasteiger partial charge in [-0.1, -0.05) is 35.9 Å². The van der Waals surface area contributed by atoms with E-state index in [4.69, 9.17) is 16.3 Å². The van der Waals surface area contributed by atoms with E-state index in [1.807, 2.05) is 0 Å². The van der Waals surface area contributed by atoms with E-state index in [2.05, 4.69) is 5.32 Å². The molecule has 0 unspecified atom stereocenters. The number of anilines is 1. The maximum absolute atomic E-state index is 13.3. The first kappa shape index (κ1) is 24.5. The van der Waals surface area contributed by atoms with E-state index in [9.17, 15) is 18.0 Å². The Hall–Kier alpha value is -2.78. The molecular formula is C21H26ClN3O5S. The van der Waals surface area contributed by atoms with Gasteiger partial charge in [0, 0.05) is 18.6 Å². The van der Waals surface area contributed by atoms with Crippen molar-refractivity contribution in [2.75, 3.05) is 31.3 Å². The van der Waals surface area contributed by atoms with Gasteiger partial charge in [0.15, 0.2) is 0 Å². The molecule has 2 aromatic carbocycles. The minimum atomic E-state index is -3.83. The molecule has 0 radical (unpaired) electrons. The predicted octanol–water partition coefficient (Wildman–Crippen LogP) is 2.28. The van der Waals surface area contributed by atoms with Crippen molar-refractivity contribution in [3.05, 3.63) is 59.1 Å². The fourth-order valence-electron chi connectivity index (χ4n) is 3.05. The number of benzene rings is 2. The highest BCUT2D eigenvalue weighted by Gasteiger charge is 2.30. The summed E-state index contributed by atoms with van der Waals surface area (Å²) in [6.07, 6.45) is 1.01. The van der Waals surface area contributed by atoms with Crippen LogP contribution >= 0.6 is 11.6 Å². The number of carbonyl (C=O) groups is 2. The molecule has 10 heteroatoms. The average Bonchev–Trinajstić information content (AvgIpc) is 2.73. The van der Waals surface area contributed by atoms with E-state index in [1.165, 1.54) is 19.1 Å². The van der Waals surface area contributed by atoms with Gasteiger partial charge in [-0.25, -0.2) is 8.42 Å². The van der Waals surface area contributed by atoms with Gasteiger partial charge in [-0.05, 0) is 36.8 Å². The highest BCUT2D eigenvalue weighted by Crippen LogP contribution is 2.29. The van der Waals surface area contributed by atoms with E-state index in [0.717, 1.165) is 10.6 Å². The van der Waals surface area contributed by atoms with Crippen molar-refractivity contribution in [2.24, 2.45) is 0 Å². The molecule has 2 rings (SSSR count). The van der Waals surface area contributed by atoms with Crippen molar-refractivity contribution in [3.8, 4) is 5.75 Å². The summed E-state index contributed by atoms with van der Waals surface area (Å²) < 4.78 is 31.3. The molecule has 0 aromatic heterocycles. The Labute approximate surface area is 187 Å². The number of nitrogens with one attached hydrogen (secondary N) is 1. The lowest BCUT2D eigenvalue weighted by molar-refractivity contribution is -0.139. The zero-order chi connectivity index (χ0) is 23.2. The second kappa shape index (κ2) is 10.5. The van der Waals surface area contributed by atoms with Crippen molar-refractivity contribution in [2.45, 2.75) is 19.5 Å². The molecule has 0 fully saturated rings. The highest BCUT2D eigenvalue weighted by atomic mass is 35.5. The Morgan fingerprint density at radius 1 is 1.16 bits per heavy atom. The predicted molar refractivity (Wildman–Crippen MR) is 121 cm³/mol. The van der Waals surface area contributed by atoms with Gasteiger partial charge >= 0.3 is 0 Å². The zero-order valence-electron chi connectivity index (χ0n) is 17.8. The van der Waals surface area contributed by atoms with Crippen LogP contribution in [0.5, 0.6) is 5.75 Å². The number of amides is 2. The minimum Gasteiger partial charge on any atom is -0.495 e. The van der Waals surface area contributed by atoms with E-state index >= 15 is 0 Å². The number of likely N-dealkylation sites (N-methyl/N-ethyl adjacent to an activating group) is 1. The van der Waals surface area contributed by atoms with Crippen molar-refractivity contribution < 1.29 is 22.7 Å². The van der Waals surface area contributed by atoms with Crippen LogP contribution < -0.4 is 14.4 Å². The van der Waals surface area contributed by atoms with E-state index < -0.39 is 28.5 Å². The van der Waals surface area contributed by atoms with Crippen LogP contribution in [0.3, 0.4) is 0 Å². The summed E-state index contributed by atoms with van der Waals surface area (Å²) >= 11 is 6.05. The molecule has 0 aliphatic carbocycles. The number of carbonyl (C=O) groups excluding carboxylic acids is 2. The first-order valence-electron chi connectivity index (χ1n) is 9.44. The molecular weight excluding hydrogens is 442 g/mol. The summed E-state index contributed by atoms with van der Waals surface area (Å²) in [5, 5.41) is 3.01. The van der Waals surface area contributed by atoms with Gasteiger partial charge in [-0.2, -0.15) is 0 Å². The number of sulfonamides is 1. The number of para-hydroxylation sites is 2. The molecule has 0 aliphatic heterocycles. The molecule has 0 heterocycles. The minimum absolute atomic E-state index is 0.0809. The van der Waals surface area contributed by atoms with Gasteiger partial charge in [0.25, 0.3) is 0 Å². The van der Waals surface area contributed by atoms with E-state index in [1.54, 1.807) is 55.5 Å². The Kier molecular flexibility index (Phi) is 8.29. The van der Waals surface area contributed by atoms with Crippen LogP contribution in [0.4, 0.5) is 5.69 Å². The summed E-state index contributed by atoms with van der Waals surface area (Å²) in [7, 11) is -0.938. The normalized spacial score (nSPS) is 12.0. The molecule has 0 saturated heterocycles. The standard InChI is InChI=1S/C21H26ClN3O5S/c1-15(21(27)23-2)24(13-16-8-7-9-17(22)12-16)20(26)14-25(31(4,28)29)18-10-5-6-11-19(18)30-3/h5-12,15H,13-14H2,1-4H3,(H,23,27)/t15-/m1/s1. The third-order valence-electron chi connectivity index (χ3n) is 4.69. The van der Waals surface area contributed by atoms with Crippen LogP contribution in [-0.2, 0) is 26.2 Å². The monoisotopic (exact) mass is 467 g/mol. The molecule has 0 saturated carbocycles. The lowest BCUT2D eigenvalue weighted by Gasteiger charge is -2.31. The third-order valence-corrected chi connectivity index (χ3v) is 6.05. The lowest BCUT2D eigenvalue weighted by atomic mass is 10.1. The summed E-state index contributed by atoms with van der Waals surface area (Å²) in [6, 6.07) is 12.6. The second-order valence-corrected chi connectivity index (χ2v) is 9.23. The first-order valence-corrected chi connectivity index (χ1v) is 11.7. The molecule has 8 nitrogen and oxygen atoms in total. The molecule has 0 spiro atoms. The van der Waals surface area contributed by atoms with Crippen LogP contribution in [0.2, 0.25) is 5.02 Å². The smallest absolute Gasteiger partial charge is 0.244 e. The van der Waals surface area contributed by atoms with Crippen LogP contribution in [-0.4, -0.2) is 58.1 Å². The maximum Gasteiger partial charge on any atom is 0.244 e. The SMILES string of the molecule is CNC(=O)[C@@H](C)N(Cc1cccc(Cl)c1)C(=O)CN(c1ccccc1OC)S(C)(=O)=O. The van der Waals surface area contributed by atoms with Gasteiger partial charge in [0.05, 0.1) is 19.1 Å².